The van der Waals surface area contributed by atoms with E-state index in [4.69, 9.17) is 4.74 Å². The Bertz CT molecular complexity index is 724. The van der Waals surface area contributed by atoms with Crippen molar-refractivity contribution in [1.29, 1.82) is 0 Å². The number of nitrogens with zero attached hydrogens (tertiary/aromatic N) is 3. The Labute approximate surface area is 166 Å². The van der Waals surface area contributed by atoms with E-state index in [1.807, 2.05) is 24.5 Å². The molecule has 0 aliphatic carbocycles. The van der Waals surface area contributed by atoms with Crippen molar-refractivity contribution in [3.05, 3.63) is 47.8 Å². The summed E-state index contributed by atoms with van der Waals surface area (Å²) in [5, 5.41) is 11.2. The Kier molecular flexibility index (Phi) is 7.10. The van der Waals surface area contributed by atoms with Crippen molar-refractivity contribution in [3.8, 4) is 5.75 Å². The molecule has 1 aromatic carbocycles. The first-order valence-corrected chi connectivity index (χ1v) is 10.6. The minimum Gasteiger partial charge on any atom is -0.486 e. The van der Waals surface area contributed by atoms with Crippen LogP contribution in [0, 0.1) is 0 Å². The molecule has 5 nitrogen and oxygen atoms in total. The van der Waals surface area contributed by atoms with Gasteiger partial charge in [0.25, 0.3) is 0 Å². The number of piperidine rings is 1. The summed E-state index contributed by atoms with van der Waals surface area (Å²) in [5.41, 5.74) is 2.34. The number of likely N-dealkylation sites (tertiary alicyclic amines) is 1. The number of aromatic nitrogens is 2. The number of ether oxygens (including phenoxy) is 1. The maximum absolute atomic E-state index is 10.4. The number of rotatable bonds is 7. The molecular formula is C21H29N3O2S. The van der Waals surface area contributed by atoms with Gasteiger partial charge in [0.2, 0.25) is 0 Å². The Morgan fingerprint density at radius 3 is 2.78 bits per heavy atom. The molecule has 2 atom stereocenters. The van der Waals surface area contributed by atoms with Gasteiger partial charge in [0.15, 0.2) is 5.16 Å². The molecule has 1 fully saturated rings. The van der Waals surface area contributed by atoms with Crippen molar-refractivity contribution in [2.45, 2.75) is 57.0 Å². The molecule has 0 radical (unpaired) electrons. The minimum atomic E-state index is -0.441. The lowest BCUT2D eigenvalue weighted by molar-refractivity contribution is -0.0268. The summed E-state index contributed by atoms with van der Waals surface area (Å²) in [6, 6.07) is 8.18. The monoisotopic (exact) mass is 387 g/mol. The molecule has 2 aromatic rings. The minimum absolute atomic E-state index is 0.225. The van der Waals surface area contributed by atoms with Gasteiger partial charge < -0.3 is 9.84 Å². The van der Waals surface area contributed by atoms with Gasteiger partial charge in [0.05, 0.1) is 6.10 Å². The second kappa shape index (κ2) is 9.53. The van der Waals surface area contributed by atoms with Gasteiger partial charge in [-0.05, 0) is 35.8 Å². The van der Waals surface area contributed by atoms with Gasteiger partial charge in [-0.15, -0.1) is 0 Å². The number of aliphatic hydroxyl groups excluding tert-OH is 1. The molecule has 0 amide bonds. The summed E-state index contributed by atoms with van der Waals surface area (Å²) in [6.07, 6.45) is 3.84. The number of hydrogen-bond donors (Lipinski definition) is 1. The van der Waals surface area contributed by atoms with Crippen molar-refractivity contribution in [3.63, 3.8) is 0 Å². The van der Waals surface area contributed by atoms with E-state index in [0.717, 1.165) is 35.3 Å². The van der Waals surface area contributed by atoms with Gasteiger partial charge in [-0.3, -0.25) is 4.90 Å². The van der Waals surface area contributed by atoms with Crippen LogP contribution >= 0.6 is 11.8 Å². The van der Waals surface area contributed by atoms with Gasteiger partial charge in [0, 0.05) is 37.6 Å². The maximum Gasteiger partial charge on any atom is 0.187 e. The fraction of sp³-hybridized carbons (Fsp3) is 0.524. The molecule has 1 saturated heterocycles. The van der Waals surface area contributed by atoms with Crippen LogP contribution in [0.15, 0.2) is 41.8 Å². The fourth-order valence-electron chi connectivity index (χ4n) is 3.24. The molecule has 1 aromatic heterocycles. The number of aliphatic hydroxyl groups is 1. The SMILES string of the molecule is CCSc1ncc(CN2CC[C@@H](O)[C@H](Oc3cccc(C(C)C)c3)C2)cn1. The lowest BCUT2D eigenvalue weighted by atomic mass is 10.0. The van der Waals surface area contributed by atoms with Crippen LogP contribution in [0.2, 0.25) is 0 Å². The Balaban J connectivity index is 1.61. The summed E-state index contributed by atoms with van der Waals surface area (Å²) >= 11 is 1.65. The van der Waals surface area contributed by atoms with E-state index in [1.54, 1.807) is 11.8 Å². The molecule has 3 rings (SSSR count). The van der Waals surface area contributed by atoms with Gasteiger partial charge in [-0.25, -0.2) is 9.97 Å². The van der Waals surface area contributed by atoms with Gasteiger partial charge in [-0.2, -0.15) is 0 Å². The maximum atomic E-state index is 10.4. The highest BCUT2D eigenvalue weighted by Crippen LogP contribution is 2.24. The van der Waals surface area contributed by atoms with Crippen molar-refractivity contribution >= 4 is 11.8 Å². The highest BCUT2D eigenvalue weighted by atomic mass is 32.2. The summed E-state index contributed by atoms with van der Waals surface area (Å²) in [5.74, 6) is 2.26. The summed E-state index contributed by atoms with van der Waals surface area (Å²) in [6.45, 7) is 8.75. The third-order valence-corrected chi connectivity index (χ3v) is 5.54. The predicted octanol–water partition coefficient (Wildman–Crippen LogP) is 3.73. The van der Waals surface area contributed by atoms with Crippen LogP contribution < -0.4 is 4.74 Å². The molecule has 2 heterocycles. The average Bonchev–Trinajstić information content (AvgIpc) is 2.66. The standard InChI is InChI=1S/C21H29N3O2S/c1-4-27-21-22-11-16(12-23-21)13-24-9-8-19(25)20(14-24)26-18-7-5-6-17(10-18)15(2)3/h5-7,10-12,15,19-20,25H,4,8-9,13-14H2,1-3H3/t19-,20-/m1/s1. The van der Waals surface area contributed by atoms with Crippen molar-refractivity contribution < 1.29 is 9.84 Å². The predicted molar refractivity (Wildman–Crippen MR) is 109 cm³/mol. The van der Waals surface area contributed by atoms with Gasteiger partial charge >= 0.3 is 0 Å². The van der Waals surface area contributed by atoms with E-state index in [9.17, 15) is 5.11 Å². The van der Waals surface area contributed by atoms with E-state index < -0.39 is 6.10 Å². The third-order valence-electron chi connectivity index (χ3n) is 4.78. The zero-order valence-corrected chi connectivity index (χ0v) is 17.2. The quantitative estimate of drug-likeness (QED) is 0.577. The molecule has 1 N–H and O–H groups in total. The van der Waals surface area contributed by atoms with E-state index in [-0.39, 0.29) is 6.10 Å². The normalized spacial score (nSPS) is 20.8. The zero-order valence-electron chi connectivity index (χ0n) is 16.3. The Hall–Kier alpha value is -1.63. The molecular weight excluding hydrogens is 358 g/mol. The summed E-state index contributed by atoms with van der Waals surface area (Å²) in [4.78, 5) is 11.1. The molecule has 0 bridgehead atoms. The van der Waals surface area contributed by atoms with Gasteiger partial charge in [-0.1, -0.05) is 44.7 Å². The van der Waals surface area contributed by atoms with Crippen LogP contribution in [0.25, 0.3) is 0 Å². The third kappa shape index (κ3) is 5.67. The van der Waals surface area contributed by atoms with Crippen LogP contribution in [0.4, 0.5) is 0 Å². The second-order valence-corrected chi connectivity index (χ2v) is 8.51. The largest absolute Gasteiger partial charge is 0.486 e. The first-order chi connectivity index (χ1) is 13.0. The molecule has 27 heavy (non-hydrogen) atoms. The van der Waals surface area contributed by atoms with E-state index in [0.29, 0.717) is 18.9 Å². The van der Waals surface area contributed by atoms with Gasteiger partial charge in [0.1, 0.15) is 11.9 Å². The zero-order chi connectivity index (χ0) is 19.2. The lowest BCUT2D eigenvalue weighted by Crippen LogP contribution is -2.49. The number of benzene rings is 1. The Morgan fingerprint density at radius 1 is 1.30 bits per heavy atom. The van der Waals surface area contributed by atoms with Crippen LogP contribution in [-0.4, -0.2) is 51.0 Å². The van der Waals surface area contributed by atoms with Crippen LogP contribution in [0.5, 0.6) is 5.75 Å². The van der Waals surface area contributed by atoms with Crippen molar-refractivity contribution in [2.75, 3.05) is 18.8 Å². The molecule has 0 unspecified atom stereocenters. The van der Waals surface area contributed by atoms with Crippen molar-refractivity contribution in [2.24, 2.45) is 0 Å². The molecule has 0 saturated carbocycles. The first-order valence-electron chi connectivity index (χ1n) is 9.66. The van der Waals surface area contributed by atoms with Crippen LogP contribution in [0.3, 0.4) is 0 Å². The molecule has 0 spiro atoms. The lowest BCUT2D eigenvalue weighted by Gasteiger charge is -2.36. The van der Waals surface area contributed by atoms with Crippen molar-refractivity contribution in [1.82, 2.24) is 14.9 Å². The smallest absolute Gasteiger partial charge is 0.187 e. The fourth-order valence-corrected chi connectivity index (χ4v) is 3.75. The summed E-state index contributed by atoms with van der Waals surface area (Å²) in [7, 11) is 0. The number of thioether (sulfide) groups is 1. The highest BCUT2D eigenvalue weighted by Gasteiger charge is 2.29. The molecule has 146 valence electrons. The molecule has 6 heteroatoms. The van der Waals surface area contributed by atoms with E-state index in [2.05, 4.69) is 47.8 Å². The molecule has 1 aliphatic rings. The first kappa shape index (κ1) is 20.1. The van der Waals surface area contributed by atoms with Crippen LogP contribution in [-0.2, 0) is 6.54 Å². The Morgan fingerprint density at radius 2 is 2.07 bits per heavy atom. The topological polar surface area (TPSA) is 58.5 Å². The summed E-state index contributed by atoms with van der Waals surface area (Å²) < 4.78 is 6.15. The average molecular weight is 388 g/mol. The second-order valence-electron chi connectivity index (χ2n) is 7.28. The number of hydrogen-bond acceptors (Lipinski definition) is 6. The van der Waals surface area contributed by atoms with Crippen LogP contribution in [0.1, 0.15) is 44.2 Å². The van der Waals surface area contributed by atoms with E-state index >= 15 is 0 Å². The highest BCUT2D eigenvalue weighted by molar-refractivity contribution is 7.99. The van der Waals surface area contributed by atoms with E-state index in [1.165, 1.54) is 5.56 Å². The molecule has 1 aliphatic heterocycles.